The monoisotopic (exact) mass is 382 g/mol. The molecule has 1 amide bonds. The van der Waals surface area contributed by atoms with E-state index in [0.717, 1.165) is 16.9 Å². The zero-order valence-corrected chi connectivity index (χ0v) is 15.5. The van der Waals surface area contributed by atoms with Crippen molar-refractivity contribution in [2.75, 3.05) is 17.7 Å². The Hall–Kier alpha value is -3.12. The molecule has 0 unspecified atom stereocenters. The minimum atomic E-state index is -0.156. The number of carbonyl (C=O) groups excluding carboxylic acids is 1. The number of carbonyl (C=O) groups is 1. The number of nitrogens with zero attached hydrogens (tertiary/aromatic N) is 2. The first kappa shape index (κ1) is 18.7. The molecular formula is C20H19ClN4O2. The van der Waals surface area contributed by atoms with Gasteiger partial charge in [0.15, 0.2) is 5.82 Å². The molecule has 2 aromatic carbocycles. The Balaban J connectivity index is 1.50. The molecule has 138 valence electrons. The van der Waals surface area contributed by atoms with E-state index in [1.165, 1.54) is 0 Å². The predicted molar refractivity (Wildman–Crippen MR) is 106 cm³/mol. The summed E-state index contributed by atoms with van der Waals surface area (Å²) in [6, 6.07) is 18.4. The first-order valence-corrected chi connectivity index (χ1v) is 8.75. The Labute approximate surface area is 162 Å². The summed E-state index contributed by atoms with van der Waals surface area (Å²) in [5.74, 6) is 1.63. The van der Waals surface area contributed by atoms with Gasteiger partial charge in [0, 0.05) is 11.6 Å². The number of ether oxygens (including phenoxy) is 1. The summed E-state index contributed by atoms with van der Waals surface area (Å²) in [5.41, 5.74) is 1.97. The maximum Gasteiger partial charge on any atom is 0.229 e. The number of methoxy groups -OCH3 is 1. The van der Waals surface area contributed by atoms with Crippen LogP contribution in [-0.4, -0.2) is 23.2 Å². The summed E-state index contributed by atoms with van der Waals surface area (Å²) in [6.07, 6.45) is 0.252. The van der Waals surface area contributed by atoms with Gasteiger partial charge in [0.2, 0.25) is 5.91 Å². The summed E-state index contributed by atoms with van der Waals surface area (Å²) in [6.45, 7) is 0.606. The summed E-state index contributed by atoms with van der Waals surface area (Å²) in [5, 5.41) is 14.7. The second-order valence-corrected chi connectivity index (χ2v) is 6.29. The van der Waals surface area contributed by atoms with Gasteiger partial charge in [-0.3, -0.25) is 4.79 Å². The molecule has 1 heterocycles. The Morgan fingerprint density at radius 3 is 2.19 bits per heavy atom. The molecule has 0 saturated carbocycles. The van der Waals surface area contributed by atoms with Gasteiger partial charge in [0.25, 0.3) is 0 Å². The molecule has 0 aliphatic carbocycles. The molecule has 1 aromatic heterocycles. The van der Waals surface area contributed by atoms with Gasteiger partial charge in [-0.05, 0) is 47.5 Å². The van der Waals surface area contributed by atoms with Gasteiger partial charge < -0.3 is 15.4 Å². The van der Waals surface area contributed by atoms with Crippen LogP contribution < -0.4 is 15.4 Å². The standard InChI is InChI=1S/C20H19ClN4O2/c1-27-17-8-4-14(5-9-17)12-20(26)23-19-11-10-18(24-25-19)22-13-15-2-6-16(21)7-3-15/h2-11H,12-13H2,1H3,(H,22,24)(H,23,25,26). The van der Waals surface area contributed by atoms with Crippen LogP contribution in [0.15, 0.2) is 60.7 Å². The molecule has 3 rings (SSSR count). The highest BCUT2D eigenvalue weighted by Crippen LogP contribution is 2.14. The second-order valence-electron chi connectivity index (χ2n) is 5.86. The van der Waals surface area contributed by atoms with Gasteiger partial charge in [-0.2, -0.15) is 0 Å². The van der Waals surface area contributed by atoms with Crippen molar-refractivity contribution in [2.45, 2.75) is 13.0 Å². The summed E-state index contributed by atoms with van der Waals surface area (Å²) >= 11 is 5.87. The number of benzene rings is 2. The van der Waals surface area contributed by atoms with Crippen molar-refractivity contribution in [3.05, 3.63) is 76.8 Å². The third kappa shape index (κ3) is 5.69. The lowest BCUT2D eigenvalue weighted by molar-refractivity contribution is -0.115. The fraction of sp³-hybridized carbons (Fsp3) is 0.150. The number of hydrogen-bond donors (Lipinski definition) is 2. The fourth-order valence-electron chi connectivity index (χ4n) is 2.40. The van der Waals surface area contributed by atoms with Crippen LogP contribution in [0.2, 0.25) is 5.02 Å². The van der Waals surface area contributed by atoms with Crippen LogP contribution in [0.5, 0.6) is 5.75 Å². The number of anilines is 2. The summed E-state index contributed by atoms with van der Waals surface area (Å²) in [7, 11) is 1.61. The van der Waals surface area contributed by atoms with Gasteiger partial charge >= 0.3 is 0 Å². The largest absolute Gasteiger partial charge is 0.497 e. The van der Waals surface area contributed by atoms with Crippen molar-refractivity contribution in [1.29, 1.82) is 0 Å². The normalized spacial score (nSPS) is 10.3. The zero-order valence-electron chi connectivity index (χ0n) is 14.8. The van der Waals surface area contributed by atoms with Crippen LogP contribution in [0.4, 0.5) is 11.6 Å². The maximum absolute atomic E-state index is 12.1. The van der Waals surface area contributed by atoms with Gasteiger partial charge in [-0.1, -0.05) is 35.9 Å². The molecule has 0 aliphatic rings. The van der Waals surface area contributed by atoms with Gasteiger partial charge in [-0.15, -0.1) is 10.2 Å². The molecule has 7 heteroatoms. The molecule has 0 fully saturated rings. The van der Waals surface area contributed by atoms with Crippen LogP contribution >= 0.6 is 11.6 Å². The van der Waals surface area contributed by atoms with Crippen molar-refractivity contribution in [3.63, 3.8) is 0 Å². The molecule has 6 nitrogen and oxygen atoms in total. The number of hydrogen-bond acceptors (Lipinski definition) is 5. The number of aromatic nitrogens is 2. The van der Waals surface area contributed by atoms with Gasteiger partial charge in [0.05, 0.1) is 13.5 Å². The van der Waals surface area contributed by atoms with E-state index in [1.807, 2.05) is 48.5 Å². The van der Waals surface area contributed by atoms with Crippen molar-refractivity contribution >= 4 is 29.1 Å². The van der Waals surface area contributed by atoms with E-state index in [1.54, 1.807) is 19.2 Å². The van der Waals surface area contributed by atoms with E-state index >= 15 is 0 Å². The fourth-order valence-corrected chi connectivity index (χ4v) is 2.53. The Morgan fingerprint density at radius 2 is 1.56 bits per heavy atom. The van der Waals surface area contributed by atoms with Gasteiger partial charge in [-0.25, -0.2) is 0 Å². The smallest absolute Gasteiger partial charge is 0.229 e. The summed E-state index contributed by atoms with van der Waals surface area (Å²) < 4.78 is 5.10. The molecule has 0 saturated heterocycles. The Kier molecular flexibility index (Phi) is 6.22. The highest BCUT2D eigenvalue weighted by molar-refractivity contribution is 6.30. The minimum absolute atomic E-state index is 0.156. The lowest BCUT2D eigenvalue weighted by atomic mass is 10.1. The molecule has 0 atom stereocenters. The first-order chi connectivity index (χ1) is 13.1. The number of rotatable bonds is 7. The van der Waals surface area contributed by atoms with Crippen LogP contribution in [0, 0.1) is 0 Å². The number of amides is 1. The van der Waals surface area contributed by atoms with E-state index in [0.29, 0.717) is 23.2 Å². The van der Waals surface area contributed by atoms with Crippen LogP contribution in [-0.2, 0) is 17.8 Å². The third-order valence-corrected chi connectivity index (χ3v) is 4.09. The quantitative estimate of drug-likeness (QED) is 0.647. The van der Waals surface area contributed by atoms with E-state index in [-0.39, 0.29) is 12.3 Å². The first-order valence-electron chi connectivity index (χ1n) is 8.37. The van der Waals surface area contributed by atoms with E-state index in [2.05, 4.69) is 20.8 Å². The summed E-state index contributed by atoms with van der Waals surface area (Å²) in [4.78, 5) is 12.1. The molecule has 2 N–H and O–H groups in total. The average molecular weight is 383 g/mol. The molecule has 0 bridgehead atoms. The highest BCUT2D eigenvalue weighted by Gasteiger charge is 2.06. The SMILES string of the molecule is COc1ccc(CC(=O)Nc2ccc(NCc3ccc(Cl)cc3)nn2)cc1. The topological polar surface area (TPSA) is 76.1 Å². The Morgan fingerprint density at radius 1 is 0.926 bits per heavy atom. The van der Waals surface area contributed by atoms with Crippen LogP contribution in [0.25, 0.3) is 0 Å². The predicted octanol–water partition coefficient (Wildman–Crippen LogP) is 3.93. The van der Waals surface area contributed by atoms with E-state index in [4.69, 9.17) is 16.3 Å². The third-order valence-electron chi connectivity index (χ3n) is 3.84. The lowest BCUT2D eigenvalue weighted by Crippen LogP contribution is -2.16. The Bertz CT molecular complexity index is 881. The van der Waals surface area contributed by atoms with E-state index < -0.39 is 0 Å². The average Bonchev–Trinajstić information content (AvgIpc) is 2.69. The molecule has 0 radical (unpaired) electrons. The lowest BCUT2D eigenvalue weighted by Gasteiger charge is -2.07. The molecule has 3 aromatic rings. The minimum Gasteiger partial charge on any atom is -0.497 e. The number of nitrogens with one attached hydrogen (secondary N) is 2. The van der Waals surface area contributed by atoms with Gasteiger partial charge in [0.1, 0.15) is 11.6 Å². The van der Waals surface area contributed by atoms with E-state index in [9.17, 15) is 4.79 Å². The number of halogens is 1. The highest BCUT2D eigenvalue weighted by atomic mass is 35.5. The van der Waals surface area contributed by atoms with Crippen molar-refractivity contribution in [2.24, 2.45) is 0 Å². The maximum atomic E-state index is 12.1. The van der Waals surface area contributed by atoms with Crippen molar-refractivity contribution in [1.82, 2.24) is 10.2 Å². The zero-order chi connectivity index (χ0) is 19.1. The van der Waals surface area contributed by atoms with Crippen molar-refractivity contribution in [3.8, 4) is 5.75 Å². The molecule has 27 heavy (non-hydrogen) atoms. The van der Waals surface area contributed by atoms with Crippen molar-refractivity contribution < 1.29 is 9.53 Å². The van der Waals surface area contributed by atoms with Crippen LogP contribution in [0.3, 0.4) is 0 Å². The molecular weight excluding hydrogens is 364 g/mol. The van der Waals surface area contributed by atoms with Crippen LogP contribution in [0.1, 0.15) is 11.1 Å². The molecule has 0 spiro atoms. The second kappa shape index (κ2) is 9.00. The molecule has 0 aliphatic heterocycles.